The quantitative estimate of drug-likeness (QED) is 0.714. The highest BCUT2D eigenvalue weighted by molar-refractivity contribution is 6.52. The number of hydrogen-bond acceptors (Lipinski definition) is 2. The van der Waals surface area contributed by atoms with Crippen LogP contribution < -0.4 is 5.32 Å². The molecular weight excluding hydrogens is 246 g/mol. The molecule has 2 rings (SSSR count). The highest BCUT2D eigenvalue weighted by Gasteiger charge is 2.57. The zero-order chi connectivity index (χ0) is 9.47. The van der Waals surface area contributed by atoms with Gasteiger partial charge in [-0.05, 0) is 6.42 Å². The van der Waals surface area contributed by atoms with E-state index in [-0.39, 0.29) is 24.2 Å². The number of piperazine rings is 1. The van der Waals surface area contributed by atoms with Gasteiger partial charge in [-0.1, -0.05) is 0 Å². The molecule has 1 saturated heterocycles. The molecule has 6 heteroatoms. The van der Waals surface area contributed by atoms with Crippen LogP contribution in [0.5, 0.6) is 0 Å². The van der Waals surface area contributed by atoms with E-state index in [1.54, 1.807) is 0 Å². The Labute approximate surface area is 99.5 Å². The van der Waals surface area contributed by atoms with E-state index in [0.29, 0.717) is 6.42 Å². The molecule has 0 aromatic heterocycles. The minimum Gasteiger partial charge on any atom is -0.340 e. The van der Waals surface area contributed by atoms with Crippen LogP contribution in [0.1, 0.15) is 6.42 Å². The molecule has 0 bridgehead atoms. The highest BCUT2D eigenvalue weighted by atomic mass is 35.5. The summed E-state index contributed by atoms with van der Waals surface area (Å²) in [5.41, 5.74) is 0. The molecule has 0 aromatic rings. The predicted molar refractivity (Wildman–Crippen MR) is 59.2 cm³/mol. The van der Waals surface area contributed by atoms with Crippen molar-refractivity contribution in [1.29, 1.82) is 0 Å². The van der Waals surface area contributed by atoms with Gasteiger partial charge in [0.1, 0.15) is 4.33 Å². The first-order chi connectivity index (χ1) is 6.11. The second-order valence-electron chi connectivity index (χ2n) is 3.59. The van der Waals surface area contributed by atoms with Gasteiger partial charge < -0.3 is 10.2 Å². The second kappa shape index (κ2) is 4.44. The Hall–Kier alpha value is 0.300. The Morgan fingerprint density at radius 3 is 2.29 bits per heavy atom. The lowest BCUT2D eigenvalue weighted by atomic mass is 10.3. The number of carbonyl (C=O) groups is 1. The normalized spacial score (nSPS) is 29.3. The van der Waals surface area contributed by atoms with Crippen molar-refractivity contribution in [2.75, 3.05) is 26.2 Å². The number of hydrogen-bond donors (Lipinski definition) is 1. The van der Waals surface area contributed by atoms with Gasteiger partial charge in [0.15, 0.2) is 0 Å². The van der Waals surface area contributed by atoms with Crippen molar-refractivity contribution >= 4 is 41.5 Å². The molecule has 1 aliphatic carbocycles. The summed E-state index contributed by atoms with van der Waals surface area (Å²) in [6.07, 6.45) is 0.610. The fraction of sp³-hybridized carbons (Fsp3) is 0.875. The summed E-state index contributed by atoms with van der Waals surface area (Å²) in [7, 11) is 0. The van der Waals surface area contributed by atoms with E-state index < -0.39 is 4.33 Å². The summed E-state index contributed by atoms with van der Waals surface area (Å²) in [5.74, 6) is -0.0413. The van der Waals surface area contributed by atoms with Gasteiger partial charge in [0.05, 0.1) is 5.92 Å². The third-order valence-electron chi connectivity index (χ3n) is 2.55. The Balaban J connectivity index is 0.000000980. The van der Waals surface area contributed by atoms with Crippen molar-refractivity contribution in [1.82, 2.24) is 10.2 Å². The van der Waals surface area contributed by atoms with Gasteiger partial charge in [0.25, 0.3) is 0 Å². The summed E-state index contributed by atoms with van der Waals surface area (Å²) in [6, 6.07) is 0. The number of nitrogens with zero attached hydrogens (tertiary/aromatic N) is 1. The Bertz CT molecular complexity index is 229. The van der Waals surface area contributed by atoms with E-state index in [9.17, 15) is 4.79 Å². The van der Waals surface area contributed by atoms with Gasteiger partial charge in [-0.25, -0.2) is 0 Å². The fourth-order valence-corrected chi connectivity index (χ4v) is 2.08. The number of nitrogens with one attached hydrogen (secondary N) is 1. The number of amides is 1. The minimum atomic E-state index is -0.776. The van der Waals surface area contributed by atoms with E-state index in [1.165, 1.54) is 0 Å². The lowest BCUT2D eigenvalue weighted by Crippen LogP contribution is -2.47. The molecule has 1 saturated carbocycles. The summed E-state index contributed by atoms with van der Waals surface area (Å²) >= 11 is 11.6. The van der Waals surface area contributed by atoms with E-state index in [4.69, 9.17) is 23.2 Å². The first-order valence-electron chi connectivity index (χ1n) is 4.48. The summed E-state index contributed by atoms with van der Waals surface area (Å²) in [4.78, 5) is 13.5. The van der Waals surface area contributed by atoms with Crippen LogP contribution in [-0.2, 0) is 4.79 Å². The van der Waals surface area contributed by atoms with E-state index in [1.807, 2.05) is 4.90 Å². The van der Waals surface area contributed by atoms with Crippen LogP contribution in [0.15, 0.2) is 0 Å². The molecule has 0 spiro atoms. The van der Waals surface area contributed by atoms with Crippen molar-refractivity contribution in [3.8, 4) is 0 Å². The lowest BCUT2D eigenvalue weighted by Gasteiger charge is -2.27. The van der Waals surface area contributed by atoms with Crippen molar-refractivity contribution in [2.24, 2.45) is 5.92 Å². The third kappa shape index (κ3) is 2.45. The van der Waals surface area contributed by atoms with Crippen molar-refractivity contribution in [2.45, 2.75) is 10.8 Å². The minimum absolute atomic E-state index is 0. The Kier molecular flexibility index (Phi) is 3.92. The van der Waals surface area contributed by atoms with E-state index in [2.05, 4.69) is 5.32 Å². The summed E-state index contributed by atoms with van der Waals surface area (Å²) < 4.78 is -0.776. The smallest absolute Gasteiger partial charge is 0.228 e. The zero-order valence-electron chi connectivity index (χ0n) is 7.63. The largest absolute Gasteiger partial charge is 0.340 e. The maximum Gasteiger partial charge on any atom is 0.228 e. The van der Waals surface area contributed by atoms with Gasteiger partial charge in [0.2, 0.25) is 5.91 Å². The Morgan fingerprint density at radius 2 is 1.86 bits per heavy atom. The average molecular weight is 260 g/mol. The number of rotatable bonds is 1. The average Bonchev–Trinajstić information content (AvgIpc) is 2.76. The predicted octanol–water partition coefficient (Wildman–Crippen LogP) is 1.03. The van der Waals surface area contributed by atoms with Gasteiger partial charge in [0, 0.05) is 26.2 Å². The number of halogens is 3. The second-order valence-corrected chi connectivity index (χ2v) is 5.14. The topological polar surface area (TPSA) is 32.3 Å². The van der Waals surface area contributed by atoms with Gasteiger partial charge >= 0.3 is 0 Å². The fourth-order valence-electron chi connectivity index (χ4n) is 1.59. The van der Waals surface area contributed by atoms with Gasteiger partial charge in [-0.15, -0.1) is 35.6 Å². The maximum absolute atomic E-state index is 11.7. The van der Waals surface area contributed by atoms with Crippen molar-refractivity contribution < 1.29 is 4.79 Å². The molecule has 1 heterocycles. The molecule has 1 unspecified atom stereocenters. The van der Waals surface area contributed by atoms with Gasteiger partial charge in [-0.2, -0.15) is 0 Å². The van der Waals surface area contributed by atoms with Crippen LogP contribution in [-0.4, -0.2) is 41.3 Å². The molecule has 3 nitrogen and oxygen atoms in total. The SMILES string of the molecule is Cl.O=C(C1CC1(Cl)Cl)N1CCNCC1. The van der Waals surface area contributed by atoms with Crippen molar-refractivity contribution in [3.63, 3.8) is 0 Å². The summed E-state index contributed by atoms with van der Waals surface area (Å²) in [6.45, 7) is 3.30. The Morgan fingerprint density at radius 1 is 1.36 bits per heavy atom. The highest BCUT2D eigenvalue weighted by Crippen LogP contribution is 2.53. The van der Waals surface area contributed by atoms with Gasteiger partial charge in [-0.3, -0.25) is 4.79 Å². The molecule has 1 N–H and O–H groups in total. The van der Waals surface area contributed by atoms with Crippen LogP contribution in [0, 0.1) is 5.92 Å². The zero-order valence-corrected chi connectivity index (χ0v) is 9.96. The molecule has 1 aliphatic heterocycles. The standard InChI is InChI=1S/C8H12Cl2N2O.ClH/c9-8(10)5-6(8)7(13)12-3-1-11-2-4-12;/h6,11H,1-5H2;1H. The van der Waals surface area contributed by atoms with Crippen LogP contribution in [0.3, 0.4) is 0 Å². The molecular formula is C8H13Cl3N2O. The monoisotopic (exact) mass is 258 g/mol. The molecule has 2 aliphatic rings. The lowest BCUT2D eigenvalue weighted by molar-refractivity contribution is -0.133. The summed E-state index contributed by atoms with van der Waals surface area (Å²) in [5, 5.41) is 3.19. The molecule has 1 atom stereocenters. The molecule has 1 amide bonds. The first kappa shape index (κ1) is 12.4. The molecule has 2 fully saturated rings. The third-order valence-corrected chi connectivity index (χ3v) is 3.39. The van der Waals surface area contributed by atoms with Crippen LogP contribution in [0.4, 0.5) is 0 Å². The maximum atomic E-state index is 11.7. The van der Waals surface area contributed by atoms with E-state index >= 15 is 0 Å². The van der Waals surface area contributed by atoms with Crippen LogP contribution in [0.25, 0.3) is 0 Å². The van der Waals surface area contributed by atoms with E-state index in [0.717, 1.165) is 26.2 Å². The molecule has 0 aromatic carbocycles. The molecule has 14 heavy (non-hydrogen) atoms. The first-order valence-corrected chi connectivity index (χ1v) is 5.24. The number of carbonyl (C=O) groups excluding carboxylic acids is 1. The molecule has 82 valence electrons. The van der Waals surface area contributed by atoms with Crippen LogP contribution in [0.2, 0.25) is 0 Å². The van der Waals surface area contributed by atoms with Crippen LogP contribution >= 0.6 is 35.6 Å². The van der Waals surface area contributed by atoms with Crippen molar-refractivity contribution in [3.05, 3.63) is 0 Å². The molecule has 0 radical (unpaired) electrons. The number of alkyl halides is 2.